The van der Waals surface area contributed by atoms with E-state index in [1.807, 2.05) is 13.8 Å². The number of rotatable bonds is 6. The molecule has 0 fully saturated rings. The number of aryl methyl sites for hydroxylation is 2. The van der Waals surface area contributed by atoms with Crippen molar-refractivity contribution in [2.24, 2.45) is 0 Å². The lowest BCUT2D eigenvalue weighted by Gasteiger charge is -2.17. The Morgan fingerprint density at radius 2 is 1.74 bits per heavy atom. The standard InChI is InChI=1S/C20H21Cl2NO4/c1-5-26-20(25)14-6-7-17(16(21)10-14)23-19(24)13(4)27-15-8-11(2)18(22)12(3)9-15/h6-10,13H,5H2,1-4H3,(H,23,24). The molecule has 2 rings (SSSR count). The fourth-order valence-electron chi connectivity index (χ4n) is 2.42. The summed E-state index contributed by atoms with van der Waals surface area (Å²) in [6, 6.07) is 8.10. The molecule has 7 heteroatoms. The van der Waals surface area contributed by atoms with E-state index in [0.717, 1.165) is 11.1 Å². The maximum Gasteiger partial charge on any atom is 0.338 e. The molecule has 27 heavy (non-hydrogen) atoms. The number of carbonyl (C=O) groups is 2. The Kier molecular flexibility index (Phi) is 7.11. The zero-order valence-corrected chi connectivity index (χ0v) is 17.1. The van der Waals surface area contributed by atoms with Crippen LogP contribution >= 0.6 is 23.2 Å². The minimum Gasteiger partial charge on any atom is -0.481 e. The predicted octanol–water partition coefficient (Wildman–Crippen LogP) is 5.19. The minimum absolute atomic E-state index is 0.235. The smallest absolute Gasteiger partial charge is 0.338 e. The third-order valence-electron chi connectivity index (χ3n) is 3.83. The summed E-state index contributed by atoms with van der Waals surface area (Å²) in [6.45, 7) is 7.37. The first-order chi connectivity index (χ1) is 12.7. The molecule has 0 radical (unpaired) electrons. The molecule has 0 saturated heterocycles. The van der Waals surface area contributed by atoms with Gasteiger partial charge in [-0.05, 0) is 69.2 Å². The summed E-state index contributed by atoms with van der Waals surface area (Å²) < 4.78 is 10.6. The van der Waals surface area contributed by atoms with Crippen molar-refractivity contribution in [1.82, 2.24) is 0 Å². The molecule has 1 N–H and O–H groups in total. The molecule has 0 aliphatic rings. The van der Waals surface area contributed by atoms with Gasteiger partial charge < -0.3 is 14.8 Å². The monoisotopic (exact) mass is 409 g/mol. The summed E-state index contributed by atoms with van der Waals surface area (Å²) in [7, 11) is 0. The predicted molar refractivity (Wildman–Crippen MR) is 107 cm³/mol. The van der Waals surface area contributed by atoms with Crippen LogP contribution in [0.4, 0.5) is 5.69 Å². The minimum atomic E-state index is -0.759. The van der Waals surface area contributed by atoms with Gasteiger partial charge in [-0.25, -0.2) is 4.79 Å². The number of halogens is 2. The van der Waals surface area contributed by atoms with E-state index in [1.54, 1.807) is 32.0 Å². The highest BCUT2D eigenvalue weighted by molar-refractivity contribution is 6.34. The molecule has 1 atom stereocenters. The van der Waals surface area contributed by atoms with E-state index in [0.29, 0.717) is 22.0 Å². The average Bonchev–Trinajstić information content (AvgIpc) is 2.61. The summed E-state index contributed by atoms with van der Waals surface area (Å²) in [5.74, 6) is -0.283. The van der Waals surface area contributed by atoms with Crippen LogP contribution in [0.2, 0.25) is 10.0 Å². The summed E-state index contributed by atoms with van der Waals surface area (Å²) in [4.78, 5) is 24.1. The first kappa shape index (κ1) is 21.1. The topological polar surface area (TPSA) is 64.6 Å². The van der Waals surface area contributed by atoms with Gasteiger partial charge in [-0.1, -0.05) is 23.2 Å². The van der Waals surface area contributed by atoms with Crippen molar-refractivity contribution in [1.29, 1.82) is 0 Å². The van der Waals surface area contributed by atoms with Crippen LogP contribution in [-0.4, -0.2) is 24.6 Å². The third kappa shape index (κ3) is 5.37. The van der Waals surface area contributed by atoms with Crippen LogP contribution < -0.4 is 10.1 Å². The van der Waals surface area contributed by atoms with E-state index >= 15 is 0 Å². The van der Waals surface area contributed by atoms with Gasteiger partial charge in [0.15, 0.2) is 6.10 Å². The molecule has 1 amide bonds. The number of ether oxygens (including phenoxy) is 2. The van der Waals surface area contributed by atoms with Crippen LogP contribution in [0.3, 0.4) is 0 Å². The number of esters is 1. The summed E-state index contributed by atoms with van der Waals surface area (Å²) in [5.41, 5.74) is 2.44. The van der Waals surface area contributed by atoms with Gasteiger partial charge in [0.25, 0.3) is 5.91 Å². The fraction of sp³-hybridized carbons (Fsp3) is 0.300. The van der Waals surface area contributed by atoms with E-state index in [4.69, 9.17) is 32.7 Å². The van der Waals surface area contributed by atoms with Crippen molar-refractivity contribution < 1.29 is 19.1 Å². The second-order valence-electron chi connectivity index (χ2n) is 6.04. The number of nitrogens with one attached hydrogen (secondary N) is 1. The number of hydrogen-bond donors (Lipinski definition) is 1. The number of anilines is 1. The summed E-state index contributed by atoms with van der Waals surface area (Å²) in [5, 5.41) is 3.60. The first-order valence-corrected chi connectivity index (χ1v) is 9.19. The van der Waals surface area contributed by atoms with Crippen LogP contribution in [-0.2, 0) is 9.53 Å². The average molecular weight is 410 g/mol. The van der Waals surface area contributed by atoms with E-state index in [2.05, 4.69) is 5.32 Å². The SMILES string of the molecule is CCOC(=O)c1ccc(NC(=O)C(C)Oc2cc(C)c(Cl)c(C)c2)c(Cl)c1. The van der Waals surface area contributed by atoms with E-state index in [9.17, 15) is 9.59 Å². The lowest BCUT2D eigenvalue weighted by Crippen LogP contribution is -2.30. The number of carbonyl (C=O) groups excluding carboxylic acids is 2. The van der Waals surface area contributed by atoms with Gasteiger partial charge in [0.2, 0.25) is 0 Å². The third-order valence-corrected chi connectivity index (χ3v) is 4.74. The fourth-order valence-corrected chi connectivity index (χ4v) is 2.76. The molecule has 0 aromatic heterocycles. The number of benzene rings is 2. The Bertz CT molecular complexity index is 844. The largest absolute Gasteiger partial charge is 0.481 e. The van der Waals surface area contributed by atoms with Crippen LogP contribution in [0.15, 0.2) is 30.3 Å². The quantitative estimate of drug-likeness (QED) is 0.666. The Morgan fingerprint density at radius 3 is 2.30 bits per heavy atom. The van der Waals surface area contributed by atoms with Gasteiger partial charge in [0.05, 0.1) is 22.9 Å². The maximum atomic E-state index is 12.4. The van der Waals surface area contributed by atoms with Gasteiger partial charge in [-0.2, -0.15) is 0 Å². The van der Waals surface area contributed by atoms with Crippen molar-refractivity contribution in [2.75, 3.05) is 11.9 Å². The lowest BCUT2D eigenvalue weighted by molar-refractivity contribution is -0.122. The molecule has 0 spiro atoms. The van der Waals surface area contributed by atoms with Crippen LogP contribution in [0.25, 0.3) is 0 Å². The van der Waals surface area contributed by atoms with Crippen LogP contribution in [0, 0.1) is 13.8 Å². The lowest BCUT2D eigenvalue weighted by atomic mass is 10.1. The second-order valence-corrected chi connectivity index (χ2v) is 6.82. The van der Waals surface area contributed by atoms with Crippen molar-refractivity contribution in [3.8, 4) is 5.75 Å². The Labute approximate surface area is 168 Å². The molecule has 144 valence electrons. The van der Waals surface area contributed by atoms with E-state index < -0.39 is 12.1 Å². The molecule has 1 unspecified atom stereocenters. The van der Waals surface area contributed by atoms with Gasteiger partial charge in [-0.15, -0.1) is 0 Å². The van der Waals surface area contributed by atoms with Gasteiger partial charge in [-0.3, -0.25) is 4.79 Å². The highest BCUT2D eigenvalue weighted by Gasteiger charge is 2.18. The van der Waals surface area contributed by atoms with Crippen molar-refractivity contribution in [2.45, 2.75) is 33.8 Å². The summed E-state index contributed by atoms with van der Waals surface area (Å²) >= 11 is 12.3. The molecule has 2 aromatic carbocycles. The van der Waals surface area contributed by atoms with Crippen molar-refractivity contribution >= 4 is 40.8 Å². The molecule has 5 nitrogen and oxygen atoms in total. The normalized spacial score (nSPS) is 11.6. The van der Waals surface area contributed by atoms with E-state index in [-0.39, 0.29) is 17.5 Å². The molecule has 2 aromatic rings. The Hall–Kier alpha value is -2.24. The molecule has 0 saturated carbocycles. The first-order valence-electron chi connectivity index (χ1n) is 8.43. The van der Waals surface area contributed by atoms with Crippen molar-refractivity contribution in [3.63, 3.8) is 0 Å². The van der Waals surface area contributed by atoms with Crippen LogP contribution in [0.1, 0.15) is 35.3 Å². The Balaban J connectivity index is 2.07. The van der Waals surface area contributed by atoms with Gasteiger partial charge in [0, 0.05) is 5.02 Å². The molecule has 0 aliphatic carbocycles. The zero-order valence-electron chi connectivity index (χ0n) is 15.6. The van der Waals surface area contributed by atoms with Crippen LogP contribution in [0.5, 0.6) is 5.75 Å². The van der Waals surface area contributed by atoms with E-state index in [1.165, 1.54) is 12.1 Å². The molecule has 0 heterocycles. The highest BCUT2D eigenvalue weighted by Crippen LogP contribution is 2.27. The second kappa shape index (κ2) is 9.11. The molecule has 0 aliphatic heterocycles. The number of amides is 1. The highest BCUT2D eigenvalue weighted by atomic mass is 35.5. The number of hydrogen-bond acceptors (Lipinski definition) is 4. The molecular formula is C20H21Cl2NO4. The van der Waals surface area contributed by atoms with Gasteiger partial charge >= 0.3 is 5.97 Å². The zero-order chi connectivity index (χ0) is 20.1. The summed E-state index contributed by atoms with van der Waals surface area (Å²) in [6.07, 6.45) is -0.759. The van der Waals surface area contributed by atoms with Crippen molar-refractivity contribution in [3.05, 3.63) is 57.1 Å². The maximum absolute atomic E-state index is 12.4. The van der Waals surface area contributed by atoms with Gasteiger partial charge in [0.1, 0.15) is 5.75 Å². The Morgan fingerprint density at radius 1 is 1.11 bits per heavy atom. The molecular weight excluding hydrogens is 389 g/mol. The molecule has 0 bridgehead atoms.